The van der Waals surface area contributed by atoms with E-state index in [0.29, 0.717) is 22.7 Å². The second-order valence-corrected chi connectivity index (χ2v) is 7.47. The van der Waals surface area contributed by atoms with Gasteiger partial charge in [0.1, 0.15) is 5.75 Å². The topological polar surface area (TPSA) is 79.5 Å². The Kier molecular flexibility index (Phi) is 7.53. The van der Waals surface area contributed by atoms with Gasteiger partial charge in [0, 0.05) is 21.4 Å². The van der Waals surface area contributed by atoms with Gasteiger partial charge in [0.15, 0.2) is 11.7 Å². The zero-order chi connectivity index (χ0) is 21.3. The number of benzene rings is 3. The fourth-order valence-corrected chi connectivity index (χ4v) is 2.95. The molecule has 30 heavy (non-hydrogen) atoms. The van der Waals surface area contributed by atoms with Crippen molar-refractivity contribution in [3.8, 4) is 5.75 Å². The zero-order valence-corrected chi connectivity index (χ0v) is 18.1. The summed E-state index contributed by atoms with van der Waals surface area (Å²) >= 11 is 8.53. The van der Waals surface area contributed by atoms with E-state index in [-0.39, 0.29) is 23.5 Å². The number of anilines is 2. The number of para-hydroxylation sites is 1. The summed E-state index contributed by atoms with van der Waals surface area (Å²) in [4.78, 5) is 24.3. The monoisotopic (exact) mass is 483 g/mol. The van der Waals surface area contributed by atoms with Gasteiger partial charge in [0.2, 0.25) is 0 Å². The van der Waals surface area contributed by atoms with E-state index < -0.39 is 0 Å². The summed E-state index contributed by atoms with van der Waals surface area (Å²) in [5.41, 5.74) is 1.68. The first-order valence-corrected chi connectivity index (χ1v) is 10.2. The van der Waals surface area contributed by atoms with Gasteiger partial charge < -0.3 is 15.4 Å². The molecule has 152 valence electrons. The third kappa shape index (κ3) is 6.68. The van der Waals surface area contributed by atoms with Crippen molar-refractivity contribution in [2.75, 3.05) is 17.2 Å². The summed E-state index contributed by atoms with van der Waals surface area (Å²) < 4.78 is 6.31. The molecule has 0 aromatic heterocycles. The second-order valence-electron chi connectivity index (χ2n) is 6.15. The summed E-state index contributed by atoms with van der Waals surface area (Å²) in [6.07, 6.45) is 0. The molecule has 0 unspecified atom stereocenters. The van der Waals surface area contributed by atoms with Crippen molar-refractivity contribution in [1.82, 2.24) is 5.32 Å². The van der Waals surface area contributed by atoms with E-state index >= 15 is 0 Å². The van der Waals surface area contributed by atoms with Gasteiger partial charge in [-0.3, -0.25) is 14.9 Å². The molecule has 0 atom stereocenters. The molecule has 3 aromatic carbocycles. The van der Waals surface area contributed by atoms with Crippen LogP contribution in [-0.2, 0) is 4.79 Å². The molecule has 3 aromatic rings. The number of hydrogen-bond donors (Lipinski definition) is 3. The lowest BCUT2D eigenvalue weighted by atomic mass is 10.2. The summed E-state index contributed by atoms with van der Waals surface area (Å²) in [7, 11) is 0. The normalized spacial score (nSPS) is 10.0. The van der Waals surface area contributed by atoms with Crippen molar-refractivity contribution in [1.29, 1.82) is 0 Å². The van der Waals surface area contributed by atoms with Crippen molar-refractivity contribution in [2.24, 2.45) is 0 Å². The predicted molar refractivity (Wildman–Crippen MR) is 125 cm³/mol. The average molecular weight is 484 g/mol. The smallest absolute Gasteiger partial charge is 0.262 e. The highest BCUT2D eigenvalue weighted by Crippen LogP contribution is 2.16. The van der Waals surface area contributed by atoms with Gasteiger partial charge >= 0.3 is 0 Å². The molecule has 0 spiro atoms. The van der Waals surface area contributed by atoms with Gasteiger partial charge in [-0.25, -0.2) is 0 Å². The Morgan fingerprint density at radius 3 is 2.23 bits per heavy atom. The van der Waals surface area contributed by atoms with Crippen LogP contribution in [0.25, 0.3) is 0 Å². The molecule has 0 aliphatic heterocycles. The van der Waals surface area contributed by atoms with E-state index in [1.54, 1.807) is 60.7 Å². The van der Waals surface area contributed by atoms with Crippen LogP contribution in [-0.4, -0.2) is 23.5 Å². The molecular formula is C22H18BrN3O3S. The van der Waals surface area contributed by atoms with Crippen molar-refractivity contribution in [3.05, 3.63) is 88.9 Å². The van der Waals surface area contributed by atoms with Crippen molar-refractivity contribution in [2.45, 2.75) is 0 Å². The second kappa shape index (κ2) is 10.5. The highest BCUT2D eigenvalue weighted by atomic mass is 79.9. The molecule has 0 heterocycles. The average Bonchev–Trinajstić information content (AvgIpc) is 2.73. The van der Waals surface area contributed by atoms with Gasteiger partial charge in [0.25, 0.3) is 11.8 Å². The summed E-state index contributed by atoms with van der Waals surface area (Å²) in [6.45, 7) is -0.108. The first kappa shape index (κ1) is 21.5. The highest BCUT2D eigenvalue weighted by Gasteiger charge is 2.09. The predicted octanol–water partition coefficient (Wildman–Crippen LogP) is 4.59. The number of thiocarbonyl (C=S) groups is 1. The molecule has 0 saturated carbocycles. The van der Waals surface area contributed by atoms with Crippen LogP contribution in [0.3, 0.4) is 0 Å². The van der Waals surface area contributed by atoms with Crippen LogP contribution in [0.15, 0.2) is 83.3 Å². The van der Waals surface area contributed by atoms with E-state index in [2.05, 4.69) is 31.9 Å². The maximum atomic E-state index is 12.2. The molecular weight excluding hydrogens is 466 g/mol. The first-order valence-electron chi connectivity index (χ1n) is 8.95. The van der Waals surface area contributed by atoms with Crippen molar-refractivity contribution in [3.63, 3.8) is 0 Å². The fourth-order valence-electron chi connectivity index (χ4n) is 2.48. The minimum atomic E-state index is -0.317. The molecule has 0 bridgehead atoms. The maximum absolute atomic E-state index is 12.2. The fraction of sp³-hybridized carbons (Fsp3) is 0.0455. The minimum Gasteiger partial charge on any atom is -0.484 e. The third-order valence-electron chi connectivity index (χ3n) is 3.85. The Balaban J connectivity index is 1.51. The SMILES string of the molecule is O=C(COc1ccccc1)Nc1cccc(NC(=S)NC(=O)c2ccc(Br)cc2)c1. The van der Waals surface area contributed by atoms with E-state index in [4.69, 9.17) is 17.0 Å². The highest BCUT2D eigenvalue weighted by molar-refractivity contribution is 9.10. The van der Waals surface area contributed by atoms with Crippen LogP contribution < -0.4 is 20.7 Å². The third-order valence-corrected chi connectivity index (χ3v) is 4.58. The van der Waals surface area contributed by atoms with Crippen LogP contribution >= 0.6 is 28.1 Å². The molecule has 0 radical (unpaired) electrons. The number of carbonyl (C=O) groups excluding carboxylic acids is 2. The summed E-state index contributed by atoms with van der Waals surface area (Å²) in [5, 5.41) is 8.47. The number of amides is 2. The molecule has 0 fully saturated rings. The lowest BCUT2D eigenvalue weighted by Crippen LogP contribution is -2.34. The van der Waals surface area contributed by atoms with E-state index in [9.17, 15) is 9.59 Å². The van der Waals surface area contributed by atoms with Crippen LogP contribution in [0.5, 0.6) is 5.75 Å². The number of hydrogen-bond acceptors (Lipinski definition) is 4. The number of carbonyl (C=O) groups is 2. The number of ether oxygens (including phenoxy) is 1. The first-order chi connectivity index (χ1) is 14.5. The lowest BCUT2D eigenvalue weighted by molar-refractivity contribution is -0.118. The molecule has 3 N–H and O–H groups in total. The Morgan fingerprint density at radius 1 is 0.867 bits per heavy atom. The Hall–Kier alpha value is -3.23. The van der Waals surface area contributed by atoms with Gasteiger partial charge in [-0.1, -0.05) is 40.2 Å². The van der Waals surface area contributed by atoms with Crippen LogP contribution in [0.4, 0.5) is 11.4 Å². The van der Waals surface area contributed by atoms with Crippen LogP contribution in [0.1, 0.15) is 10.4 Å². The number of halogens is 1. The van der Waals surface area contributed by atoms with Gasteiger partial charge in [0.05, 0.1) is 0 Å². The number of nitrogens with one attached hydrogen (secondary N) is 3. The van der Waals surface area contributed by atoms with Crippen molar-refractivity contribution >= 4 is 56.4 Å². The molecule has 2 amide bonds. The number of rotatable bonds is 6. The van der Waals surface area contributed by atoms with Crippen LogP contribution in [0.2, 0.25) is 0 Å². The Morgan fingerprint density at radius 2 is 1.53 bits per heavy atom. The maximum Gasteiger partial charge on any atom is 0.262 e. The van der Waals surface area contributed by atoms with Gasteiger partial charge in [-0.2, -0.15) is 0 Å². The lowest BCUT2D eigenvalue weighted by Gasteiger charge is -2.12. The quantitative estimate of drug-likeness (QED) is 0.446. The zero-order valence-electron chi connectivity index (χ0n) is 15.7. The standard InChI is InChI=1S/C22H18BrN3O3S/c23-16-11-9-15(10-12-16)21(28)26-22(30)25-18-6-4-5-17(13-18)24-20(27)14-29-19-7-2-1-3-8-19/h1-13H,14H2,(H,24,27)(H2,25,26,28,30). The van der Waals surface area contributed by atoms with E-state index in [1.165, 1.54) is 0 Å². The van der Waals surface area contributed by atoms with E-state index in [1.807, 2.05) is 18.2 Å². The molecule has 0 aliphatic rings. The summed E-state index contributed by atoms with van der Waals surface area (Å²) in [6, 6.07) is 23.0. The van der Waals surface area contributed by atoms with Gasteiger partial charge in [-0.15, -0.1) is 0 Å². The molecule has 6 nitrogen and oxygen atoms in total. The molecule has 3 rings (SSSR count). The largest absolute Gasteiger partial charge is 0.484 e. The Bertz CT molecular complexity index is 1040. The van der Waals surface area contributed by atoms with Crippen molar-refractivity contribution < 1.29 is 14.3 Å². The van der Waals surface area contributed by atoms with Crippen LogP contribution in [0, 0.1) is 0 Å². The molecule has 8 heteroatoms. The van der Waals surface area contributed by atoms with Gasteiger partial charge in [-0.05, 0) is 66.8 Å². The summed E-state index contributed by atoms with van der Waals surface area (Å²) in [5.74, 6) is 0.0135. The minimum absolute atomic E-state index is 0.108. The Labute approximate surface area is 187 Å². The van der Waals surface area contributed by atoms with E-state index in [0.717, 1.165) is 4.47 Å². The molecule has 0 aliphatic carbocycles. The molecule has 0 saturated heterocycles.